The highest BCUT2D eigenvalue weighted by atomic mass is 16.6. The molecule has 0 aromatic heterocycles. The van der Waals surface area contributed by atoms with Crippen LogP contribution in [0.4, 0.5) is 5.69 Å². The number of nitro benzene ring substituents is 1. The van der Waals surface area contributed by atoms with Gasteiger partial charge in [0.05, 0.1) is 17.6 Å². The summed E-state index contributed by atoms with van der Waals surface area (Å²) >= 11 is 0. The van der Waals surface area contributed by atoms with E-state index < -0.39 is 23.3 Å². The van der Waals surface area contributed by atoms with Crippen molar-refractivity contribution in [3.63, 3.8) is 0 Å². The molecule has 0 amide bonds. The summed E-state index contributed by atoms with van der Waals surface area (Å²) in [6.07, 6.45) is 0.951. The lowest BCUT2D eigenvalue weighted by atomic mass is 10.2. The first-order chi connectivity index (χ1) is 14.3. The van der Waals surface area contributed by atoms with Crippen molar-refractivity contribution < 1.29 is 33.5 Å². The molecule has 9 heteroatoms. The van der Waals surface area contributed by atoms with Gasteiger partial charge in [0.1, 0.15) is 30.3 Å². The van der Waals surface area contributed by atoms with Crippen molar-refractivity contribution in [2.24, 2.45) is 0 Å². The van der Waals surface area contributed by atoms with Crippen LogP contribution in [-0.4, -0.2) is 36.4 Å². The number of benzene rings is 2. The van der Waals surface area contributed by atoms with Gasteiger partial charge >= 0.3 is 11.9 Å². The second-order valence-electron chi connectivity index (χ2n) is 6.12. The third-order valence-electron chi connectivity index (χ3n) is 3.74. The third kappa shape index (κ3) is 6.86. The molecule has 0 radical (unpaired) electrons. The van der Waals surface area contributed by atoms with Crippen LogP contribution in [0, 0.1) is 10.1 Å². The van der Waals surface area contributed by atoms with Crippen molar-refractivity contribution in [1.29, 1.82) is 0 Å². The van der Waals surface area contributed by atoms with Gasteiger partial charge in [0, 0.05) is 12.1 Å². The predicted octanol–water partition coefficient (Wildman–Crippen LogP) is 3.32. The fourth-order valence-electron chi connectivity index (χ4n) is 2.31. The van der Waals surface area contributed by atoms with E-state index in [0.717, 1.165) is 0 Å². The van der Waals surface area contributed by atoms with Crippen LogP contribution >= 0.6 is 0 Å². The Morgan fingerprint density at radius 1 is 1.03 bits per heavy atom. The number of carbonyl (C=O) groups is 3. The molecule has 9 nitrogen and oxygen atoms in total. The predicted molar refractivity (Wildman–Crippen MR) is 106 cm³/mol. The number of methoxy groups -OCH3 is 1. The van der Waals surface area contributed by atoms with E-state index in [-0.39, 0.29) is 29.4 Å². The number of Topliss-reactive ketones (excluding diaryl/α,β-unsaturated/α-hetero) is 1. The van der Waals surface area contributed by atoms with E-state index in [1.165, 1.54) is 56.5 Å². The lowest BCUT2D eigenvalue weighted by molar-refractivity contribution is -0.384. The minimum absolute atomic E-state index is 0.0306. The molecule has 0 unspecified atom stereocenters. The first-order valence-corrected chi connectivity index (χ1v) is 8.75. The van der Waals surface area contributed by atoms with E-state index >= 15 is 0 Å². The van der Waals surface area contributed by atoms with E-state index in [1.807, 2.05) is 0 Å². The average Bonchev–Trinajstić information content (AvgIpc) is 2.71. The smallest absolute Gasteiger partial charge is 0.338 e. The summed E-state index contributed by atoms with van der Waals surface area (Å²) in [5, 5.41) is 10.8. The summed E-state index contributed by atoms with van der Waals surface area (Å²) in [4.78, 5) is 45.4. The van der Waals surface area contributed by atoms with Gasteiger partial charge in [0.15, 0.2) is 0 Å². The molecule has 0 heterocycles. The first kappa shape index (κ1) is 22.3. The van der Waals surface area contributed by atoms with Crippen molar-refractivity contribution in [3.05, 3.63) is 75.5 Å². The Hall–Kier alpha value is -4.01. The molecule has 156 valence electrons. The molecular formula is C21H19NO8. The maximum absolute atomic E-state index is 12.2. The number of non-ortho nitro benzene ring substituents is 1. The van der Waals surface area contributed by atoms with Gasteiger partial charge in [-0.15, -0.1) is 0 Å². The Balaban J connectivity index is 2.15. The standard InChI is InChI=1S/C21H19NO8/c1-14(23)11-20(24)30-19(12-15-3-7-17(8-4-15)22(26)27)13-29-21(25)16-5-9-18(28-2)10-6-16/h3-10,12H,11,13H2,1-2H3/b19-12-. The van der Waals surface area contributed by atoms with Crippen LogP contribution in [0.2, 0.25) is 0 Å². The number of carbonyl (C=O) groups excluding carboxylic acids is 3. The topological polar surface area (TPSA) is 122 Å². The second-order valence-corrected chi connectivity index (χ2v) is 6.12. The number of nitro groups is 1. The molecule has 0 aliphatic carbocycles. The van der Waals surface area contributed by atoms with Crippen molar-refractivity contribution in [1.82, 2.24) is 0 Å². The molecular weight excluding hydrogens is 394 g/mol. The highest BCUT2D eigenvalue weighted by molar-refractivity contribution is 5.94. The maximum Gasteiger partial charge on any atom is 0.338 e. The molecule has 2 aromatic carbocycles. The summed E-state index contributed by atoms with van der Waals surface area (Å²) in [6, 6.07) is 11.7. The van der Waals surface area contributed by atoms with E-state index in [4.69, 9.17) is 14.2 Å². The Kier molecular flexibility index (Phi) is 7.81. The zero-order valence-electron chi connectivity index (χ0n) is 16.3. The van der Waals surface area contributed by atoms with E-state index in [2.05, 4.69) is 0 Å². The zero-order chi connectivity index (χ0) is 22.1. The number of esters is 2. The number of nitrogens with zero attached hydrogens (tertiary/aromatic N) is 1. The molecule has 2 rings (SSSR count). The number of hydrogen-bond donors (Lipinski definition) is 0. The highest BCUT2D eigenvalue weighted by Crippen LogP contribution is 2.17. The maximum atomic E-state index is 12.2. The van der Waals surface area contributed by atoms with Gasteiger partial charge in [-0.25, -0.2) is 4.79 Å². The lowest BCUT2D eigenvalue weighted by Gasteiger charge is -2.10. The summed E-state index contributed by atoms with van der Waals surface area (Å²) < 4.78 is 15.3. The molecule has 0 N–H and O–H groups in total. The van der Waals surface area contributed by atoms with E-state index in [1.54, 1.807) is 12.1 Å². The highest BCUT2D eigenvalue weighted by Gasteiger charge is 2.14. The van der Waals surface area contributed by atoms with E-state index in [0.29, 0.717) is 11.3 Å². The molecule has 0 aliphatic heterocycles. The van der Waals surface area contributed by atoms with Crippen LogP contribution in [0.15, 0.2) is 54.3 Å². The first-order valence-electron chi connectivity index (χ1n) is 8.75. The number of rotatable bonds is 9. The quantitative estimate of drug-likeness (QED) is 0.202. The van der Waals surface area contributed by atoms with Gasteiger partial charge in [0.2, 0.25) is 0 Å². The van der Waals surface area contributed by atoms with Crippen LogP contribution in [0.1, 0.15) is 29.3 Å². The molecule has 2 aromatic rings. The van der Waals surface area contributed by atoms with Crippen LogP contribution in [0.25, 0.3) is 6.08 Å². The van der Waals surface area contributed by atoms with Crippen LogP contribution in [0.3, 0.4) is 0 Å². The molecule has 0 saturated heterocycles. The Labute approximate surface area is 172 Å². The van der Waals surface area contributed by atoms with Gasteiger partial charge in [-0.1, -0.05) is 0 Å². The second kappa shape index (κ2) is 10.5. The molecule has 0 fully saturated rings. The fourth-order valence-corrected chi connectivity index (χ4v) is 2.31. The van der Waals surface area contributed by atoms with Gasteiger partial charge in [-0.2, -0.15) is 0 Å². The Bertz CT molecular complexity index is 962. The average molecular weight is 413 g/mol. The van der Waals surface area contributed by atoms with Crippen molar-refractivity contribution in [3.8, 4) is 5.75 Å². The molecule has 0 saturated carbocycles. The molecule has 0 bridgehead atoms. The van der Waals surface area contributed by atoms with Crippen molar-refractivity contribution in [2.45, 2.75) is 13.3 Å². The normalized spacial score (nSPS) is 10.8. The zero-order valence-corrected chi connectivity index (χ0v) is 16.3. The van der Waals surface area contributed by atoms with Gasteiger partial charge in [-0.05, 0) is 55.0 Å². The summed E-state index contributed by atoms with van der Waals surface area (Å²) in [5.41, 5.74) is 0.639. The van der Waals surface area contributed by atoms with Gasteiger partial charge < -0.3 is 14.2 Å². The number of hydrogen-bond acceptors (Lipinski definition) is 8. The van der Waals surface area contributed by atoms with Crippen LogP contribution < -0.4 is 4.74 Å². The minimum atomic E-state index is -0.809. The van der Waals surface area contributed by atoms with E-state index in [9.17, 15) is 24.5 Å². The van der Waals surface area contributed by atoms with Crippen LogP contribution in [0.5, 0.6) is 5.75 Å². The monoisotopic (exact) mass is 413 g/mol. The summed E-state index contributed by atoms with van der Waals surface area (Å²) in [7, 11) is 1.50. The molecule has 0 aliphatic rings. The minimum Gasteiger partial charge on any atom is -0.497 e. The summed E-state index contributed by atoms with van der Waals surface area (Å²) in [6.45, 7) is 0.857. The molecule has 0 spiro atoms. The SMILES string of the molecule is COc1ccc(C(=O)OC/C(=C/c2ccc([N+](=O)[O-])cc2)OC(=O)CC(C)=O)cc1. The summed E-state index contributed by atoms with van der Waals surface area (Å²) in [5.74, 6) is -1.31. The largest absolute Gasteiger partial charge is 0.497 e. The Morgan fingerprint density at radius 3 is 2.20 bits per heavy atom. The van der Waals surface area contributed by atoms with Crippen LogP contribution in [-0.2, 0) is 19.1 Å². The van der Waals surface area contributed by atoms with Crippen molar-refractivity contribution >= 4 is 29.5 Å². The van der Waals surface area contributed by atoms with Gasteiger partial charge in [0.25, 0.3) is 5.69 Å². The van der Waals surface area contributed by atoms with Crippen molar-refractivity contribution in [2.75, 3.05) is 13.7 Å². The number of ketones is 1. The fraction of sp³-hybridized carbons (Fsp3) is 0.190. The van der Waals surface area contributed by atoms with Gasteiger partial charge in [-0.3, -0.25) is 19.7 Å². The number of ether oxygens (including phenoxy) is 3. The Morgan fingerprint density at radius 2 is 1.67 bits per heavy atom. The molecule has 30 heavy (non-hydrogen) atoms. The lowest BCUT2D eigenvalue weighted by Crippen LogP contribution is -2.14. The third-order valence-corrected chi connectivity index (χ3v) is 3.74. The molecule has 0 atom stereocenters.